The Morgan fingerprint density at radius 3 is 2.28 bits per heavy atom. The van der Waals surface area contributed by atoms with Gasteiger partial charge < -0.3 is 11.1 Å². The van der Waals surface area contributed by atoms with Crippen LogP contribution in [0, 0.1) is 0 Å². The summed E-state index contributed by atoms with van der Waals surface area (Å²) < 4.78 is 37.0. The first-order valence-corrected chi connectivity index (χ1v) is 5.56. The number of carbonyl (C=O) groups is 1. The number of rotatable bonds is 4. The molecule has 1 unspecified atom stereocenters. The van der Waals surface area contributed by atoms with Crippen molar-refractivity contribution in [2.45, 2.75) is 25.6 Å². The Morgan fingerprint density at radius 1 is 1.33 bits per heavy atom. The number of nitrogens with two attached hydrogens (primary N) is 1. The van der Waals surface area contributed by atoms with Crippen LogP contribution in [0.25, 0.3) is 0 Å². The Bertz CT molecular complexity index is 397. The van der Waals surface area contributed by atoms with Crippen LogP contribution in [0.15, 0.2) is 24.3 Å². The fourth-order valence-electron chi connectivity index (χ4n) is 1.41. The number of nitrogens with one attached hydrogen (secondary N) is 1. The lowest BCUT2D eigenvalue weighted by atomic mass is 10.1. The van der Waals surface area contributed by atoms with Crippen LogP contribution in [0.1, 0.15) is 29.3 Å². The van der Waals surface area contributed by atoms with E-state index in [4.69, 9.17) is 5.73 Å². The zero-order valence-corrected chi connectivity index (χ0v) is 9.92. The largest absolute Gasteiger partial charge is 0.416 e. The highest BCUT2D eigenvalue weighted by molar-refractivity contribution is 5.94. The molecule has 0 aliphatic carbocycles. The van der Waals surface area contributed by atoms with Crippen LogP contribution in [-0.4, -0.2) is 18.5 Å². The van der Waals surface area contributed by atoms with Gasteiger partial charge in [-0.15, -0.1) is 0 Å². The van der Waals surface area contributed by atoms with E-state index >= 15 is 0 Å². The molecule has 0 radical (unpaired) electrons. The van der Waals surface area contributed by atoms with Gasteiger partial charge in [0.25, 0.3) is 5.91 Å². The van der Waals surface area contributed by atoms with Gasteiger partial charge in [-0.3, -0.25) is 4.79 Å². The second-order valence-electron chi connectivity index (χ2n) is 3.89. The van der Waals surface area contributed by atoms with Gasteiger partial charge in [0.2, 0.25) is 0 Å². The molecule has 0 saturated heterocycles. The molecule has 0 bridgehead atoms. The molecule has 1 atom stereocenters. The van der Waals surface area contributed by atoms with Crippen molar-refractivity contribution < 1.29 is 18.0 Å². The number of hydrogen-bond acceptors (Lipinski definition) is 2. The fourth-order valence-corrected chi connectivity index (χ4v) is 1.41. The van der Waals surface area contributed by atoms with Crippen LogP contribution in [-0.2, 0) is 6.18 Å². The first kappa shape index (κ1) is 14.5. The monoisotopic (exact) mass is 260 g/mol. The van der Waals surface area contributed by atoms with E-state index in [2.05, 4.69) is 5.32 Å². The van der Waals surface area contributed by atoms with Crippen LogP contribution < -0.4 is 11.1 Å². The third-order valence-corrected chi connectivity index (χ3v) is 2.59. The molecule has 6 heteroatoms. The van der Waals surface area contributed by atoms with Crippen molar-refractivity contribution in [3.8, 4) is 0 Å². The fraction of sp³-hybridized carbons (Fsp3) is 0.417. The molecule has 0 aliphatic rings. The lowest BCUT2D eigenvalue weighted by Crippen LogP contribution is -2.39. The Morgan fingerprint density at radius 2 is 1.89 bits per heavy atom. The molecule has 0 aromatic heterocycles. The normalized spacial score (nSPS) is 13.2. The maximum Gasteiger partial charge on any atom is 0.416 e. The van der Waals surface area contributed by atoms with Crippen molar-refractivity contribution in [3.05, 3.63) is 35.4 Å². The van der Waals surface area contributed by atoms with Crippen molar-refractivity contribution in [2.75, 3.05) is 6.54 Å². The van der Waals surface area contributed by atoms with Gasteiger partial charge in [-0.25, -0.2) is 0 Å². The summed E-state index contributed by atoms with van der Waals surface area (Å²) in [5.74, 6) is -0.416. The molecule has 0 spiro atoms. The van der Waals surface area contributed by atoms with Crippen LogP contribution in [0.2, 0.25) is 0 Å². The van der Waals surface area contributed by atoms with Gasteiger partial charge in [0.15, 0.2) is 0 Å². The number of benzene rings is 1. The smallest absolute Gasteiger partial charge is 0.348 e. The Balaban J connectivity index is 2.76. The summed E-state index contributed by atoms with van der Waals surface area (Å²) in [7, 11) is 0. The zero-order valence-electron chi connectivity index (χ0n) is 9.92. The van der Waals surface area contributed by atoms with Crippen LogP contribution in [0.4, 0.5) is 13.2 Å². The predicted octanol–water partition coefficient (Wildman–Crippen LogP) is 2.17. The molecule has 3 nitrogen and oxygen atoms in total. The summed E-state index contributed by atoms with van der Waals surface area (Å²) in [6.07, 6.45) is -3.72. The molecular weight excluding hydrogens is 245 g/mol. The van der Waals surface area contributed by atoms with E-state index in [0.29, 0.717) is 13.0 Å². The van der Waals surface area contributed by atoms with Crippen molar-refractivity contribution in [1.29, 1.82) is 0 Å². The molecule has 1 rings (SSSR count). The van der Waals surface area contributed by atoms with E-state index in [-0.39, 0.29) is 11.6 Å². The molecule has 1 aromatic rings. The van der Waals surface area contributed by atoms with Crippen LogP contribution >= 0.6 is 0 Å². The summed E-state index contributed by atoms with van der Waals surface area (Å²) in [5, 5.41) is 2.65. The highest BCUT2D eigenvalue weighted by Gasteiger charge is 2.30. The minimum absolute atomic E-state index is 0.167. The lowest BCUT2D eigenvalue weighted by molar-refractivity contribution is -0.137. The molecule has 0 heterocycles. The number of halogens is 3. The van der Waals surface area contributed by atoms with Gasteiger partial charge in [-0.05, 0) is 30.7 Å². The number of hydrogen-bond donors (Lipinski definition) is 2. The van der Waals surface area contributed by atoms with Crippen molar-refractivity contribution >= 4 is 5.91 Å². The Labute approximate surface area is 103 Å². The summed E-state index contributed by atoms with van der Waals surface area (Å²) in [6.45, 7) is 2.16. The molecule has 0 saturated carbocycles. The van der Waals surface area contributed by atoms with Crippen LogP contribution in [0.3, 0.4) is 0 Å². The van der Waals surface area contributed by atoms with Gasteiger partial charge in [0, 0.05) is 18.2 Å². The highest BCUT2D eigenvalue weighted by atomic mass is 19.4. The third kappa shape index (κ3) is 3.73. The molecule has 0 aliphatic heterocycles. The Kier molecular flexibility index (Phi) is 4.72. The summed E-state index contributed by atoms with van der Waals surface area (Å²) in [6, 6.07) is 3.92. The number of alkyl halides is 3. The van der Waals surface area contributed by atoms with Crippen molar-refractivity contribution in [1.82, 2.24) is 5.32 Å². The molecule has 18 heavy (non-hydrogen) atoms. The van der Waals surface area contributed by atoms with Gasteiger partial charge in [-0.1, -0.05) is 6.92 Å². The molecule has 100 valence electrons. The summed E-state index contributed by atoms with van der Waals surface area (Å²) in [5.41, 5.74) is 4.84. The van der Waals surface area contributed by atoms with E-state index in [1.54, 1.807) is 0 Å². The number of carbonyl (C=O) groups excluding carboxylic acids is 1. The molecule has 1 aromatic carbocycles. The molecule has 1 amide bonds. The van der Waals surface area contributed by atoms with Gasteiger partial charge in [-0.2, -0.15) is 13.2 Å². The average Bonchev–Trinajstić information content (AvgIpc) is 2.34. The van der Waals surface area contributed by atoms with Crippen molar-refractivity contribution in [3.63, 3.8) is 0 Å². The average molecular weight is 260 g/mol. The first-order chi connectivity index (χ1) is 8.38. The van der Waals surface area contributed by atoms with E-state index in [1.807, 2.05) is 6.92 Å². The Hall–Kier alpha value is -1.56. The predicted molar refractivity (Wildman–Crippen MR) is 62.0 cm³/mol. The zero-order chi connectivity index (χ0) is 13.8. The van der Waals surface area contributed by atoms with Crippen molar-refractivity contribution in [2.24, 2.45) is 5.73 Å². The van der Waals surface area contributed by atoms with Gasteiger partial charge >= 0.3 is 6.18 Å². The van der Waals surface area contributed by atoms with Gasteiger partial charge in [0.1, 0.15) is 0 Å². The minimum atomic E-state index is -4.39. The minimum Gasteiger partial charge on any atom is -0.348 e. The third-order valence-electron chi connectivity index (χ3n) is 2.59. The standard InChI is InChI=1S/C12H15F3N2O/c1-2-10(7-16)17-11(18)8-3-5-9(6-4-8)12(13,14)15/h3-6,10H,2,7,16H2,1H3,(H,17,18). The maximum absolute atomic E-state index is 12.3. The number of amides is 1. The van der Waals surface area contributed by atoms with E-state index in [1.165, 1.54) is 0 Å². The van der Waals surface area contributed by atoms with E-state index in [0.717, 1.165) is 24.3 Å². The maximum atomic E-state index is 12.3. The van der Waals surface area contributed by atoms with E-state index < -0.39 is 17.6 Å². The molecule has 3 N–H and O–H groups in total. The second kappa shape index (κ2) is 5.86. The molecule has 0 fully saturated rings. The first-order valence-electron chi connectivity index (χ1n) is 5.56. The second-order valence-corrected chi connectivity index (χ2v) is 3.89. The topological polar surface area (TPSA) is 55.1 Å². The summed E-state index contributed by atoms with van der Waals surface area (Å²) in [4.78, 5) is 11.7. The van der Waals surface area contributed by atoms with Crippen LogP contribution in [0.5, 0.6) is 0 Å². The summed E-state index contributed by atoms with van der Waals surface area (Å²) >= 11 is 0. The van der Waals surface area contributed by atoms with Gasteiger partial charge in [0.05, 0.1) is 5.56 Å². The molecular formula is C12H15F3N2O. The lowest BCUT2D eigenvalue weighted by Gasteiger charge is -2.14. The SMILES string of the molecule is CCC(CN)NC(=O)c1ccc(C(F)(F)F)cc1. The van der Waals surface area contributed by atoms with E-state index in [9.17, 15) is 18.0 Å². The highest BCUT2D eigenvalue weighted by Crippen LogP contribution is 2.29. The quantitative estimate of drug-likeness (QED) is 0.871.